The number of ketones is 1. The number of carbonyl (C=O) groups excluding carboxylic acids is 1. The van der Waals surface area contributed by atoms with E-state index in [-0.39, 0.29) is 16.9 Å². The summed E-state index contributed by atoms with van der Waals surface area (Å²) in [5.41, 5.74) is 2.64. The van der Waals surface area contributed by atoms with Crippen molar-refractivity contribution >= 4 is 23.2 Å². The molecule has 0 aliphatic heterocycles. The first kappa shape index (κ1) is 17.9. The van der Waals surface area contributed by atoms with Gasteiger partial charge in [0.2, 0.25) is 0 Å². The molecule has 1 aromatic rings. The molecular formula is C24H30O2S. The third-order valence-corrected chi connectivity index (χ3v) is 9.40. The molecule has 144 valence electrons. The standard InChI is InChI=1S/C24H30O2S/c1-23-9-7-17(25)14-16(23)5-6-19-20(23)8-10-24(2)21(19)13-15(22(24)26)12-18-4-3-11-27-18/h3-5,11-12,17,19-21,25H,6-10,13-14H2,1-2H3/t17-,19-,20+,21-,23+,24-/m1/s1. The van der Waals surface area contributed by atoms with Gasteiger partial charge in [0.15, 0.2) is 5.78 Å². The second kappa shape index (κ2) is 6.15. The summed E-state index contributed by atoms with van der Waals surface area (Å²) in [5, 5.41) is 12.2. The number of thiophene rings is 1. The number of hydrogen-bond donors (Lipinski definition) is 1. The number of rotatable bonds is 1. The molecule has 3 saturated carbocycles. The lowest BCUT2D eigenvalue weighted by Crippen LogP contribution is -2.50. The molecule has 0 radical (unpaired) electrons. The van der Waals surface area contributed by atoms with Crippen molar-refractivity contribution in [2.45, 2.75) is 64.9 Å². The Hall–Kier alpha value is -1.19. The third-order valence-electron chi connectivity index (χ3n) is 8.58. The van der Waals surface area contributed by atoms with Crippen LogP contribution in [0, 0.1) is 28.6 Å². The van der Waals surface area contributed by atoms with E-state index in [1.807, 2.05) is 0 Å². The Morgan fingerprint density at radius 2 is 1.96 bits per heavy atom. The molecule has 1 heterocycles. The maximum atomic E-state index is 13.4. The van der Waals surface area contributed by atoms with Gasteiger partial charge < -0.3 is 5.11 Å². The lowest BCUT2D eigenvalue weighted by Gasteiger charge is -2.56. The van der Waals surface area contributed by atoms with Crippen LogP contribution in [0.15, 0.2) is 34.7 Å². The zero-order valence-corrected chi connectivity index (χ0v) is 17.2. The Bertz CT molecular complexity index is 819. The molecule has 0 saturated heterocycles. The molecule has 27 heavy (non-hydrogen) atoms. The molecule has 2 nitrogen and oxygen atoms in total. The van der Waals surface area contributed by atoms with Gasteiger partial charge in [-0.1, -0.05) is 31.6 Å². The van der Waals surface area contributed by atoms with E-state index in [4.69, 9.17) is 0 Å². The zero-order chi connectivity index (χ0) is 18.8. The first-order valence-electron chi connectivity index (χ1n) is 10.6. The van der Waals surface area contributed by atoms with Crippen LogP contribution in [0.4, 0.5) is 0 Å². The monoisotopic (exact) mass is 382 g/mol. The SMILES string of the molecule is C[C@@]12CC[C@H]3[C@@H](CC=C4C[C@H](O)CC[C@@]43C)[C@H]1CC(=Cc1cccs1)C2=O. The smallest absolute Gasteiger partial charge is 0.165 e. The van der Waals surface area contributed by atoms with Gasteiger partial charge in [0.25, 0.3) is 0 Å². The highest BCUT2D eigenvalue weighted by molar-refractivity contribution is 7.10. The fourth-order valence-electron chi connectivity index (χ4n) is 6.99. The summed E-state index contributed by atoms with van der Waals surface area (Å²) < 4.78 is 0. The van der Waals surface area contributed by atoms with E-state index in [9.17, 15) is 9.90 Å². The largest absolute Gasteiger partial charge is 0.393 e. The van der Waals surface area contributed by atoms with Crippen molar-refractivity contribution in [1.82, 2.24) is 0 Å². The van der Waals surface area contributed by atoms with E-state index in [1.54, 1.807) is 11.3 Å². The summed E-state index contributed by atoms with van der Waals surface area (Å²) in [5.74, 6) is 2.19. The average Bonchev–Trinajstić information content (AvgIpc) is 3.24. The molecule has 0 bridgehead atoms. The predicted octanol–water partition coefficient (Wildman–Crippen LogP) is 5.63. The first-order chi connectivity index (χ1) is 12.9. The van der Waals surface area contributed by atoms with Crippen LogP contribution in [-0.4, -0.2) is 17.0 Å². The van der Waals surface area contributed by atoms with Crippen LogP contribution >= 0.6 is 11.3 Å². The molecule has 1 N–H and O–H groups in total. The molecule has 4 aliphatic rings. The summed E-state index contributed by atoms with van der Waals surface area (Å²) in [6.07, 6.45) is 11.6. The molecule has 0 spiro atoms. The van der Waals surface area contributed by atoms with E-state index in [0.29, 0.717) is 23.5 Å². The fourth-order valence-corrected chi connectivity index (χ4v) is 7.67. The number of Topliss-reactive ketones (excluding diaryl/α,β-unsaturated/α-hetero) is 1. The Balaban J connectivity index is 1.49. The predicted molar refractivity (Wildman–Crippen MR) is 110 cm³/mol. The van der Waals surface area contributed by atoms with E-state index in [1.165, 1.54) is 16.9 Å². The minimum absolute atomic E-state index is 0.150. The lowest BCUT2D eigenvalue weighted by atomic mass is 9.48. The van der Waals surface area contributed by atoms with Crippen LogP contribution in [0.2, 0.25) is 0 Å². The topological polar surface area (TPSA) is 37.3 Å². The molecule has 5 rings (SSSR count). The molecule has 0 amide bonds. The molecule has 1 aromatic heterocycles. The van der Waals surface area contributed by atoms with Crippen molar-refractivity contribution in [2.24, 2.45) is 28.6 Å². The number of hydrogen-bond acceptors (Lipinski definition) is 3. The highest BCUT2D eigenvalue weighted by Crippen LogP contribution is 2.64. The van der Waals surface area contributed by atoms with Crippen molar-refractivity contribution in [3.05, 3.63) is 39.6 Å². The van der Waals surface area contributed by atoms with Gasteiger partial charge in [-0.3, -0.25) is 4.79 Å². The molecule has 0 unspecified atom stereocenters. The van der Waals surface area contributed by atoms with Gasteiger partial charge in [-0.2, -0.15) is 0 Å². The van der Waals surface area contributed by atoms with E-state index >= 15 is 0 Å². The third kappa shape index (κ3) is 2.57. The Morgan fingerprint density at radius 3 is 2.74 bits per heavy atom. The van der Waals surface area contributed by atoms with Gasteiger partial charge in [-0.05, 0) is 91.2 Å². The second-order valence-corrected chi connectivity index (χ2v) is 10.8. The number of aliphatic hydroxyl groups is 1. The minimum Gasteiger partial charge on any atom is -0.393 e. The van der Waals surface area contributed by atoms with Crippen LogP contribution in [-0.2, 0) is 4.79 Å². The van der Waals surface area contributed by atoms with Crippen molar-refractivity contribution in [3.63, 3.8) is 0 Å². The minimum atomic E-state index is -0.167. The second-order valence-electron chi connectivity index (χ2n) is 9.83. The van der Waals surface area contributed by atoms with Crippen molar-refractivity contribution in [2.75, 3.05) is 0 Å². The van der Waals surface area contributed by atoms with E-state index < -0.39 is 0 Å². The summed E-state index contributed by atoms with van der Waals surface area (Å²) in [6.45, 7) is 4.70. The Labute approximate surface area is 166 Å². The summed E-state index contributed by atoms with van der Waals surface area (Å²) in [6, 6.07) is 4.18. The van der Waals surface area contributed by atoms with E-state index in [0.717, 1.165) is 44.1 Å². The van der Waals surface area contributed by atoms with Crippen molar-refractivity contribution in [3.8, 4) is 0 Å². The summed E-state index contributed by atoms with van der Waals surface area (Å²) >= 11 is 1.72. The molecule has 3 fully saturated rings. The van der Waals surface area contributed by atoms with Crippen LogP contribution in [0.1, 0.15) is 63.7 Å². The van der Waals surface area contributed by atoms with Crippen LogP contribution in [0.3, 0.4) is 0 Å². The maximum Gasteiger partial charge on any atom is 0.165 e. The normalized spacial score (nSPS) is 45.2. The van der Waals surface area contributed by atoms with Crippen LogP contribution in [0.25, 0.3) is 6.08 Å². The van der Waals surface area contributed by atoms with Crippen LogP contribution < -0.4 is 0 Å². The van der Waals surface area contributed by atoms with Gasteiger partial charge in [-0.25, -0.2) is 0 Å². The maximum absolute atomic E-state index is 13.4. The van der Waals surface area contributed by atoms with E-state index in [2.05, 4.69) is 43.5 Å². The van der Waals surface area contributed by atoms with Gasteiger partial charge in [0.05, 0.1) is 6.10 Å². The number of carbonyl (C=O) groups is 1. The molecule has 4 aliphatic carbocycles. The first-order valence-corrected chi connectivity index (χ1v) is 11.5. The van der Waals surface area contributed by atoms with Gasteiger partial charge in [0.1, 0.15) is 0 Å². The average molecular weight is 383 g/mol. The van der Waals surface area contributed by atoms with Gasteiger partial charge in [0, 0.05) is 10.3 Å². The number of allylic oxidation sites excluding steroid dienone is 2. The number of aliphatic hydroxyl groups excluding tert-OH is 1. The number of fused-ring (bicyclic) bond motifs is 5. The zero-order valence-electron chi connectivity index (χ0n) is 16.4. The highest BCUT2D eigenvalue weighted by atomic mass is 32.1. The Kier molecular flexibility index (Phi) is 4.07. The van der Waals surface area contributed by atoms with Gasteiger partial charge in [-0.15, -0.1) is 11.3 Å². The fraction of sp³-hybridized carbons (Fsp3) is 0.625. The quantitative estimate of drug-likeness (QED) is 0.504. The summed E-state index contributed by atoms with van der Waals surface area (Å²) in [7, 11) is 0. The van der Waals surface area contributed by atoms with Crippen LogP contribution in [0.5, 0.6) is 0 Å². The van der Waals surface area contributed by atoms with Gasteiger partial charge >= 0.3 is 0 Å². The summed E-state index contributed by atoms with van der Waals surface area (Å²) in [4.78, 5) is 14.6. The molecule has 6 atom stereocenters. The molecular weight excluding hydrogens is 352 g/mol. The highest BCUT2D eigenvalue weighted by Gasteiger charge is 2.59. The molecule has 3 heteroatoms. The Morgan fingerprint density at radius 1 is 1.15 bits per heavy atom. The van der Waals surface area contributed by atoms with Crippen molar-refractivity contribution < 1.29 is 9.90 Å². The lowest BCUT2D eigenvalue weighted by molar-refractivity contribution is -0.130. The molecule has 0 aromatic carbocycles. The van der Waals surface area contributed by atoms with Crippen molar-refractivity contribution in [1.29, 1.82) is 0 Å².